The molecule has 2 heterocycles. The number of para-hydroxylation sites is 1. The number of anilines is 1. The van der Waals surface area contributed by atoms with Gasteiger partial charge in [-0.05, 0) is 44.1 Å². The van der Waals surface area contributed by atoms with Crippen molar-refractivity contribution in [1.29, 1.82) is 0 Å². The molecule has 3 rings (SSSR count). The number of carbonyl (C=O) groups is 1. The third-order valence-corrected chi connectivity index (χ3v) is 4.84. The van der Waals surface area contributed by atoms with Gasteiger partial charge in [-0.2, -0.15) is 5.10 Å². The lowest BCUT2D eigenvalue weighted by atomic mass is 9.95. The van der Waals surface area contributed by atoms with Crippen LogP contribution in [0.15, 0.2) is 48.8 Å². The van der Waals surface area contributed by atoms with Crippen LogP contribution < -0.4 is 4.90 Å². The van der Waals surface area contributed by atoms with Crippen LogP contribution in [0.1, 0.15) is 12.8 Å². The average Bonchev–Trinajstić information content (AvgIpc) is 3.14. The van der Waals surface area contributed by atoms with Crippen LogP contribution in [0.2, 0.25) is 0 Å². The first-order valence-electron chi connectivity index (χ1n) is 8.84. The van der Waals surface area contributed by atoms with Crippen LogP contribution in [0.5, 0.6) is 0 Å². The van der Waals surface area contributed by atoms with E-state index in [2.05, 4.69) is 10.00 Å². The Morgan fingerprint density at radius 2 is 1.96 bits per heavy atom. The lowest BCUT2D eigenvalue weighted by molar-refractivity contribution is -0.123. The third kappa shape index (κ3) is 4.67. The van der Waals surface area contributed by atoms with Crippen LogP contribution in [0.4, 0.5) is 5.69 Å². The van der Waals surface area contributed by atoms with Crippen molar-refractivity contribution in [2.75, 3.05) is 31.6 Å². The normalized spacial score (nSPS) is 17.4. The van der Waals surface area contributed by atoms with Gasteiger partial charge in [-0.15, -0.1) is 0 Å². The van der Waals surface area contributed by atoms with E-state index in [4.69, 9.17) is 0 Å². The molecule has 0 bridgehead atoms. The van der Waals surface area contributed by atoms with Crippen molar-refractivity contribution < 1.29 is 9.90 Å². The number of rotatable bonds is 6. The van der Waals surface area contributed by atoms with E-state index in [1.165, 1.54) is 0 Å². The minimum Gasteiger partial charge on any atom is -0.390 e. The third-order valence-electron chi connectivity index (χ3n) is 4.84. The fourth-order valence-electron chi connectivity index (χ4n) is 3.40. The lowest BCUT2D eigenvalue weighted by Crippen LogP contribution is -2.44. The molecule has 1 saturated heterocycles. The number of carbonyl (C=O) groups excluding carboxylic acids is 1. The van der Waals surface area contributed by atoms with Gasteiger partial charge in [0.1, 0.15) is 0 Å². The van der Waals surface area contributed by atoms with E-state index in [0.29, 0.717) is 13.1 Å². The van der Waals surface area contributed by atoms with Gasteiger partial charge in [0.15, 0.2) is 0 Å². The minimum atomic E-state index is -0.445. The molecule has 1 aromatic heterocycles. The highest BCUT2D eigenvalue weighted by Crippen LogP contribution is 2.22. The summed E-state index contributed by atoms with van der Waals surface area (Å²) in [5.74, 6) is 0.243. The van der Waals surface area contributed by atoms with E-state index in [0.717, 1.165) is 31.6 Å². The fourth-order valence-corrected chi connectivity index (χ4v) is 3.40. The van der Waals surface area contributed by atoms with Gasteiger partial charge in [0.05, 0.1) is 12.6 Å². The van der Waals surface area contributed by atoms with Crippen molar-refractivity contribution in [2.24, 2.45) is 5.92 Å². The minimum absolute atomic E-state index is 0.0599. The fraction of sp³-hybridized carbons (Fsp3) is 0.474. The molecule has 0 unspecified atom stereocenters. The maximum atomic E-state index is 12.7. The second-order valence-electron chi connectivity index (χ2n) is 6.69. The average molecular weight is 342 g/mol. The van der Waals surface area contributed by atoms with Crippen LogP contribution in [-0.4, -0.2) is 58.5 Å². The molecule has 1 N–H and O–H groups in total. The van der Waals surface area contributed by atoms with Crippen LogP contribution in [0.3, 0.4) is 0 Å². The molecule has 0 saturated carbocycles. The Balaban J connectivity index is 1.46. The monoisotopic (exact) mass is 342 g/mol. The van der Waals surface area contributed by atoms with Gasteiger partial charge in [-0.3, -0.25) is 9.48 Å². The Morgan fingerprint density at radius 1 is 1.24 bits per heavy atom. The zero-order chi connectivity index (χ0) is 17.6. The van der Waals surface area contributed by atoms with E-state index in [9.17, 15) is 9.90 Å². The number of hydrogen-bond donors (Lipinski definition) is 1. The largest absolute Gasteiger partial charge is 0.390 e. The van der Waals surface area contributed by atoms with Crippen LogP contribution >= 0.6 is 0 Å². The lowest BCUT2D eigenvalue weighted by Gasteiger charge is -2.34. The molecule has 0 radical (unpaired) electrons. The number of nitrogens with zero attached hydrogens (tertiary/aromatic N) is 4. The molecule has 25 heavy (non-hydrogen) atoms. The van der Waals surface area contributed by atoms with E-state index >= 15 is 0 Å². The summed E-state index contributed by atoms with van der Waals surface area (Å²) < 4.78 is 1.75. The maximum Gasteiger partial charge on any atom is 0.229 e. The highest BCUT2D eigenvalue weighted by molar-refractivity contribution is 5.94. The SMILES string of the molecule is CN(C(=O)C1CCN(C[C@@H](O)Cn2cccn2)CC1)c1ccccc1. The topological polar surface area (TPSA) is 61.6 Å². The predicted octanol–water partition coefficient (Wildman–Crippen LogP) is 1.62. The first kappa shape index (κ1) is 17.6. The molecule has 1 atom stereocenters. The molecular formula is C19H26N4O2. The summed E-state index contributed by atoms with van der Waals surface area (Å²) in [4.78, 5) is 16.7. The van der Waals surface area contributed by atoms with Gasteiger partial charge in [0.25, 0.3) is 0 Å². The quantitative estimate of drug-likeness (QED) is 0.867. The Labute approximate surface area is 148 Å². The molecule has 0 spiro atoms. The second-order valence-corrected chi connectivity index (χ2v) is 6.69. The zero-order valence-electron chi connectivity index (χ0n) is 14.7. The summed E-state index contributed by atoms with van der Waals surface area (Å²) in [6, 6.07) is 11.6. The van der Waals surface area contributed by atoms with Crippen LogP contribution in [0, 0.1) is 5.92 Å². The first-order valence-corrected chi connectivity index (χ1v) is 8.84. The van der Waals surface area contributed by atoms with Gasteiger partial charge in [0, 0.05) is 37.6 Å². The van der Waals surface area contributed by atoms with Crippen molar-refractivity contribution in [1.82, 2.24) is 14.7 Å². The maximum absolute atomic E-state index is 12.7. The molecule has 134 valence electrons. The highest BCUT2D eigenvalue weighted by Gasteiger charge is 2.28. The smallest absolute Gasteiger partial charge is 0.229 e. The Morgan fingerprint density at radius 3 is 2.60 bits per heavy atom. The second kappa shape index (κ2) is 8.27. The number of β-amino-alcohol motifs (C(OH)–C–C–N with tert-alkyl or cyclic N) is 1. The van der Waals surface area contributed by atoms with Crippen molar-refractivity contribution in [2.45, 2.75) is 25.5 Å². The van der Waals surface area contributed by atoms with Gasteiger partial charge in [-0.1, -0.05) is 18.2 Å². The number of piperidine rings is 1. The Kier molecular flexibility index (Phi) is 5.83. The number of amides is 1. The summed E-state index contributed by atoms with van der Waals surface area (Å²) in [6.45, 7) is 2.81. The van der Waals surface area contributed by atoms with Gasteiger partial charge in [-0.25, -0.2) is 0 Å². The van der Waals surface area contributed by atoms with Crippen molar-refractivity contribution in [3.63, 3.8) is 0 Å². The highest BCUT2D eigenvalue weighted by atomic mass is 16.3. The Bertz CT molecular complexity index is 651. The summed E-state index contributed by atoms with van der Waals surface area (Å²) in [5.41, 5.74) is 0.935. The molecule has 1 fully saturated rings. The predicted molar refractivity (Wildman–Crippen MR) is 97.2 cm³/mol. The van der Waals surface area contributed by atoms with E-state index in [-0.39, 0.29) is 11.8 Å². The zero-order valence-corrected chi connectivity index (χ0v) is 14.7. The number of hydrogen-bond acceptors (Lipinski definition) is 4. The van der Waals surface area contributed by atoms with Crippen molar-refractivity contribution >= 4 is 11.6 Å². The molecule has 1 amide bonds. The van der Waals surface area contributed by atoms with Crippen molar-refractivity contribution in [3.05, 3.63) is 48.8 Å². The van der Waals surface area contributed by atoms with Crippen molar-refractivity contribution in [3.8, 4) is 0 Å². The van der Waals surface area contributed by atoms with E-state index in [1.54, 1.807) is 15.8 Å². The van der Waals surface area contributed by atoms with Crippen LogP contribution in [0.25, 0.3) is 0 Å². The molecule has 1 aliphatic rings. The van der Waals surface area contributed by atoms with Gasteiger partial charge in [0.2, 0.25) is 5.91 Å². The molecule has 1 aliphatic heterocycles. The molecular weight excluding hydrogens is 316 g/mol. The van der Waals surface area contributed by atoms with Gasteiger partial charge < -0.3 is 14.9 Å². The van der Waals surface area contributed by atoms with Gasteiger partial charge >= 0.3 is 0 Å². The number of aliphatic hydroxyl groups excluding tert-OH is 1. The number of aliphatic hydroxyl groups is 1. The van der Waals surface area contributed by atoms with E-state index in [1.807, 2.05) is 49.6 Å². The summed E-state index contributed by atoms with van der Waals surface area (Å²) in [7, 11) is 1.85. The molecule has 2 aromatic rings. The Hall–Kier alpha value is -2.18. The van der Waals surface area contributed by atoms with E-state index < -0.39 is 6.10 Å². The number of aromatic nitrogens is 2. The van der Waals surface area contributed by atoms with Crippen LogP contribution in [-0.2, 0) is 11.3 Å². The number of likely N-dealkylation sites (tertiary alicyclic amines) is 1. The number of benzene rings is 1. The molecule has 1 aromatic carbocycles. The standard InChI is InChI=1S/C19H26N4O2/c1-21(17-6-3-2-4-7-17)19(25)16-8-12-22(13-9-16)14-18(24)15-23-11-5-10-20-23/h2-7,10-11,16,18,24H,8-9,12-15H2,1H3/t18-/m1/s1. The summed E-state index contributed by atoms with van der Waals surface area (Å²) in [5, 5.41) is 14.3. The molecule has 0 aliphatic carbocycles. The first-order chi connectivity index (χ1) is 12.1. The molecule has 6 nitrogen and oxygen atoms in total. The summed E-state index contributed by atoms with van der Waals surface area (Å²) >= 11 is 0. The summed E-state index contributed by atoms with van der Waals surface area (Å²) in [6.07, 6.45) is 4.80. The molecule has 6 heteroatoms.